The molecule has 19 heavy (non-hydrogen) atoms. The van der Waals surface area contributed by atoms with Crippen molar-refractivity contribution in [2.45, 2.75) is 52.1 Å². The average Bonchev–Trinajstić information content (AvgIpc) is 2.80. The molecule has 0 spiro atoms. The highest BCUT2D eigenvalue weighted by molar-refractivity contribution is 5.72. The Labute approximate surface area is 114 Å². The molecule has 0 saturated carbocycles. The van der Waals surface area contributed by atoms with Gasteiger partial charge in [0.1, 0.15) is 5.52 Å². The highest BCUT2D eigenvalue weighted by Gasteiger charge is 2.20. The molecule has 104 valence electrons. The molecule has 0 amide bonds. The zero-order valence-electron chi connectivity index (χ0n) is 11.8. The minimum atomic E-state index is -0.354. The largest absolute Gasteiger partial charge is 0.441 e. The van der Waals surface area contributed by atoms with Gasteiger partial charge in [0.2, 0.25) is 0 Å². The van der Waals surface area contributed by atoms with E-state index in [-0.39, 0.29) is 6.10 Å². The third kappa shape index (κ3) is 3.57. The van der Waals surface area contributed by atoms with Crippen molar-refractivity contribution in [3.63, 3.8) is 0 Å². The normalized spacial score (nSPS) is 13.3. The maximum absolute atomic E-state index is 10.3. The standard InChI is InChI=1S/C16H23NO2/c1-3-7-12(8-4-2)14(18)11-16-17-13-9-5-6-10-15(13)19-16/h5-6,9-10,12,14,18H,3-4,7-8,11H2,1-2H3. The summed E-state index contributed by atoms with van der Waals surface area (Å²) in [6, 6.07) is 7.73. The zero-order chi connectivity index (χ0) is 13.7. The lowest BCUT2D eigenvalue weighted by Gasteiger charge is -2.20. The quantitative estimate of drug-likeness (QED) is 0.821. The molecule has 0 aliphatic heterocycles. The summed E-state index contributed by atoms with van der Waals surface area (Å²) in [6.07, 6.45) is 4.50. The number of aliphatic hydroxyl groups excluding tert-OH is 1. The van der Waals surface area contributed by atoms with Crippen molar-refractivity contribution >= 4 is 11.1 Å². The number of para-hydroxylation sites is 2. The fourth-order valence-corrected chi connectivity index (χ4v) is 2.62. The number of oxazole rings is 1. The van der Waals surface area contributed by atoms with E-state index in [4.69, 9.17) is 4.42 Å². The second-order valence-corrected chi connectivity index (χ2v) is 5.18. The molecular weight excluding hydrogens is 238 g/mol. The summed E-state index contributed by atoms with van der Waals surface area (Å²) in [5.41, 5.74) is 1.67. The summed E-state index contributed by atoms with van der Waals surface area (Å²) in [6.45, 7) is 4.32. The molecule has 3 nitrogen and oxygen atoms in total. The first kappa shape index (κ1) is 14.1. The molecule has 0 saturated heterocycles. The van der Waals surface area contributed by atoms with E-state index in [1.54, 1.807) is 0 Å². The van der Waals surface area contributed by atoms with Crippen molar-refractivity contribution in [2.24, 2.45) is 5.92 Å². The van der Waals surface area contributed by atoms with Crippen LogP contribution in [0, 0.1) is 5.92 Å². The molecule has 2 rings (SSSR count). The topological polar surface area (TPSA) is 46.3 Å². The van der Waals surface area contributed by atoms with Gasteiger partial charge in [-0.05, 0) is 30.9 Å². The van der Waals surface area contributed by atoms with Gasteiger partial charge in [-0.2, -0.15) is 0 Å². The van der Waals surface area contributed by atoms with E-state index < -0.39 is 0 Å². The van der Waals surface area contributed by atoms with Crippen LogP contribution in [-0.2, 0) is 6.42 Å². The number of rotatable bonds is 7. The lowest BCUT2D eigenvalue weighted by Crippen LogP contribution is -2.23. The third-order valence-corrected chi connectivity index (χ3v) is 3.59. The number of aromatic nitrogens is 1. The van der Waals surface area contributed by atoms with Crippen molar-refractivity contribution < 1.29 is 9.52 Å². The van der Waals surface area contributed by atoms with E-state index in [0.29, 0.717) is 18.2 Å². The first-order chi connectivity index (χ1) is 9.24. The van der Waals surface area contributed by atoms with E-state index in [1.165, 1.54) is 0 Å². The Bertz CT molecular complexity index is 467. The predicted molar refractivity (Wildman–Crippen MR) is 77.0 cm³/mol. The van der Waals surface area contributed by atoms with Crippen LogP contribution in [0.1, 0.15) is 45.4 Å². The number of hydrogen-bond acceptors (Lipinski definition) is 3. The van der Waals surface area contributed by atoms with Crippen molar-refractivity contribution in [2.75, 3.05) is 0 Å². The Morgan fingerprint density at radius 1 is 1.16 bits per heavy atom. The van der Waals surface area contributed by atoms with E-state index in [0.717, 1.165) is 36.8 Å². The van der Waals surface area contributed by atoms with Gasteiger partial charge in [-0.1, -0.05) is 38.8 Å². The van der Waals surface area contributed by atoms with E-state index >= 15 is 0 Å². The maximum atomic E-state index is 10.3. The first-order valence-corrected chi connectivity index (χ1v) is 7.27. The second-order valence-electron chi connectivity index (χ2n) is 5.18. The van der Waals surface area contributed by atoms with Crippen molar-refractivity contribution in [3.05, 3.63) is 30.2 Å². The Morgan fingerprint density at radius 3 is 2.47 bits per heavy atom. The minimum absolute atomic E-state index is 0.352. The fourth-order valence-electron chi connectivity index (χ4n) is 2.62. The predicted octanol–water partition coefficient (Wildman–Crippen LogP) is 3.95. The summed E-state index contributed by atoms with van der Waals surface area (Å²) >= 11 is 0. The summed E-state index contributed by atoms with van der Waals surface area (Å²) in [4.78, 5) is 4.43. The van der Waals surface area contributed by atoms with Gasteiger partial charge in [-0.15, -0.1) is 0 Å². The Morgan fingerprint density at radius 2 is 1.84 bits per heavy atom. The summed E-state index contributed by atoms with van der Waals surface area (Å²) in [5, 5.41) is 10.3. The lowest BCUT2D eigenvalue weighted by atomic mass is 9.91. The van der Waals surface area contributed by atoms with Gasteiger partial charge >= 0.3 is 0 Å². The zero-order valence-corrected chi connectivity index (χ0v) is 11.8. The average molecular weight is 261 g/mol. The van der Waals surface area contributed by atoms with E-state index in [1.807, 2.05) is 24.3 Å². The van der Waals surface area contributed by atoms with E-state index in [9.17, 15) is 5.11 Å². The van der Waals surface area contributed by atoms with Crippen LogP contribution in [0.3, 0.4) is 0 Å². The molecule has 0 radical (unpaired) electrons. The molecule has 1 atom stereocenters. The monoisotopic (exact) mass is 261 g/mol. The highest BCUT2D eigenvalue weighted by atomic mass is 16.4. The van der Waals surface area contributed by atoms with Crippen molar-refractivity contribution in [1.82, 2.24) is 4.98 Å². The van der Waals surface area contributed by atoms with Gasteiger partial charge in [0, 0.05) is 0 Å². The Balaban J connectivity index is 2.05. The Kier molecular flexibility index (Phi) is 4.97. The van der Waals surface area contributed by atoms with Crippen LogP contribution in [0.4, 0.5) is 0 Å². The maximum Gasteiger partial charge on any atom is 0.198 e. The molecule has 1 aromatic carbocycles. The van der Waals surface area contributed by atoms with Crippen molar-refractivity contribution in [3.8, 4) is 0 Å². The van der Waals surface area contributed by atoms with Crippen LogP contribution in [0.15, 0.2) is 28.7 Å². The molecule has 0 fully saturated rings. The fraction of sp³-hybridized carbons (Fsp3) is 0.562. The molecule has 0 aliphatic carbocycles. The van der Waals surface area contributed by atoms with Gasteiger partial charge in [-0.3, -0.25) is 0 Å². The van der Waals surface area contributed by atoms with Gasteiger partial charge in [-0.25, -0.2) is 4.98 Å². The number of hydrogen-bond donors (Lipinski definition) is 1. The van der Waals surface area contributed by atoms with Crippen LogP contribution in [-0.4, -0.2) is 16.2 Å². The summed E-state index contributed by atoms with van der Waals surface area (Å²) < 4.78 is 5.67. The first-order valence-electron chi connectivity index (χ1n) is 7.27. The summed E-state index contributed by atoms with van der Waals surface area (Å²) in [7, 11) is 0. The van der Waals surface area contributed by atoms with E-state index in [2.05, 4.69) is 18.8 Å². The van der Waals surface area contributed by atoms with Crippen LogP contribution < -0.4 is 0 Å². The van der Waals surface area contributed by atoms with Gasteiger partial charge < -0.3 is 9.52 Å². The van der Waals surface area contributed by atoms with Gasteiger partial charge in [0.05, 0.1) is 12.5 Å². The molecule has 1 N–H and O–H groups in total. The lowest BCUT2D eigenvalue weighted by molar-refractivity contribution is 0.0904. The number of aliphatic hydroxyl groups is 1. The smallest absolute Gasteiger partial charge is 0.198 e. The number of benzene rings is 1. The van der Waals surface area contributed by atoms with Gasteiger partial charge in [0.15, 0.2) is 11.5 Å². The third-order valence-electron chi connectivity index (χ3n) is 3.59. The molecule has 1 heterocycles. The van der Waals surface area contributed by atoms with Crippen molar-refractivity contribution in [1.29, 1.82) is 0 Å². The summed E-state index contributed by atoms with van der Waals surface area (Å²) in [5.74, 6) is 0.996. The van der Waals surface area contributed by atoms with Crippen LogP contribution in [0.25, 0.3) is 11.1 Å². The number of fused-ring (bicyclic) bond motifs is 1. The molecule has 2 aromatic rings. The van der Waals surface area contributed by atoms with Gasteiger partial charge in [0.25, 0.3) is 0 Å². The molecule has 1 aromatic heterocycles. The minimum Gasteiger partial charge on any atom is -0.441 e. The SMILES string of the molecule is CCCC(CCC)C(O)Cc1nc2ccccc2o1. The van der Waals surface area contributed by atoms with Crippen LogP contribution in [0.2, 0.25) is 0 Å². The van der Waals surface area contributed by atoms with Crippen LogP contribution >= 0.6 is 0 Å². The molecular formula is C16H23NO2. The Hall–Kier alpha value is -1.35. The van der Waals surface area contributed by atoms with Crippen LogP contribution in [0.5, 0.6) is 0 Å². The molecule has 3 heteroatoms. The molecule has 0 aliphatic rings. The second kappa shape index (κ2) is 6.71. The molecule has 0 bridgehead atoms. The molecule has 1 unspecified atom stereocenters. The number of nitrogens with zero attached hydrogens (tertiary/aromatic N) is 1. The highest BCUT2D eigenvalue weighted by Crippen LogP contribution is 2.22.